The highest BCUT2D eigenvalue weighted by molar-refractivity contribution is 5.95. The van der Waals surface area contributed by atoms with E-state index in [2.05, 4.69) is 20.6 Å². The number of aromatic nitrogens is 4. The average molecular weight is 393 g/mol. The predicted octanol–water partition coefficient (Wildman–Crippen LogP) is 2.89. The molecule has 1 fully saturated rings. The van der Waals surface area contributed by atoms with Crippen molar-refractivity contribution in [2.24, 2.45) is 5.92 Å². The zero-order chi connectivity index (χ0) is 20.6. The van der Waals surface area contributed by atoms with Crippen molar-refractivity contribution in [2.75, 3.05) is 0 Å². The molecule has 0 radical (unpaired) electrons. The van der Waals surface area contributed by atoms with Crippen LogP contribution in [-0.2, 0) is 4.79 Å². The summed E-state index contributed by atoms with van der Waals surface area (Å²) in [4.78, 5) is 29.0. The van der Waals surface area contributed by atoms with Crippen LogP contribution in [0.4, 0.5) is 0 Å². The number of carbonyl (C=O) groups is 2. The molecule has 29 heavy (non-hydrogen) atoms. The first-order chi connectivity index (χ1) is 13.9. The molecule has 1 amide bonds. The molecule has 1 aliphatic carbocycles. The summed E-state index contributed by atoms with van der Waals surface area (Å²) >= 11 is 0. The number of hydrogen-bond acceptors (Lipinski definition) is 5. The van der Waals surface area contributed by atoms with Crippen LogP contribution in [0, 0.1) is 12.8 Å². The van der Waals surface area contributed by atoms with E-state index in [-0.39, 0.29) is 5.69 Å². The fourth-order valence-electron chi connectivity index (χ4n) is 4.24. The molecule has 8 heteroatoms. The quantitative estimate of drug-likeness (QED) is 0.705. The molecular weight excluding hydrogens is 370 g/mol. The Kier molecular flexibility index (Phi) is 4.77. The Bertz CT molecular complexity index is 1090. The first-order valence-corrected chi connectivity index (χ1v) is 9.72. The maximum absolute atomic E-state index is 13.0. The number of rotatable bonds is 4. The molecule has 2 N–H and O–H groups in total. The van der Waals surface area contributed by atoms with Crippen LogP contribution < -0.4 is 5.32 Å². The van der Waals surface area contributed by atoms with Crippen LogP contribution in [-0.4, -0.2) is 42.5 Å². The largest absolute Gasteiger partial charge is 0.481 e. The van der Waals surface area contributed by atoms with Gasteiger partial charge in [0.1, 0.15) is 0 Å². The van der Waals surface area contributed by atoms with Crippen LogP contribution in [0.3, 0.4) is 0 Å². The van der Waals surface area contributed by atoms with Crippen molar-refractivity contribution >= 4 is 22.8 Å². The topological polar surface area (TPSA) is 110 Å². The molecule has 1 saturated carbocycles. The number of aliphatic carboxylic acids is 1. The lowest BCUT2D eigenvalue weighted by atomic mass is 9.74. The third-order valence-corrected chi connectivity index (χ3v) is 5.87. The summed E-state index contributed by atoms with van der Waals surface area (Å²) < 4.78 is 1.62. The molecule has 8 nitrogen and oxygen atoms in total. The lowest BCUT2D eigenvalue weighted by Crippen LogP contribution is -2.55. The van der Waals surface area contributed by atoms with E-state index < -0.39 is 23.3 Å². The van der Waals surface area contributed by atoms with Crippen LogP contribution in [0.1, 0.15) is 48.8 Å². The number of amides is 1. The Balaban J connectivity index is 1.66. The summed E-state index contributed by atoms with van der Waals surface area (Å²) in [6.07, 6.45) is 4.64. The van der Waals surface area contributed by atoms with E-state index in [4.69, 9.17) is 0 Å². The van der Waals surface area contributed by atoms with Crippen LogP contribution in [0.2, 0.25) is 0 Å². The summed E-state index contributed by atoms with van der Waals surface area (Å²) in [6, 6.07) is 9.48. The number of benzene rings is 1. The second-order valence-electron chi connectivity index (χ2n) is 7.79. The maximum atomic E-state index is 13.0. The van der Waals surface area contributed by atoms with Gasteiger partial charge in [0.25, 0.3) is 5.91 Å². The van der Waals surface area contributed by atoms with Crippen molar-refractivity contribution in [3.63, 3.8) is 0 Å². The summed E-state index contributed by atoms with van der Waals surface area (Å²) in [5.74, 6) is -1.89. The summed E-state index contributed by atoms with van der Waals surface area (Å²) in [5.41, 5.74) is 1.59. The van der Waals surface area contributed by atoms with Crippen molar-refractivity contribution in [1.29, 1.82) is 0 Å². The van der Waals surface area contributed by atoms with Crippen LogP contribution in [0.5, 0.6) is 0 Å². The third-order valence-electron chi connectivity index (χ3n) is 5.87. The summed E-state index contributed by atoms with van der Waals surface area (Å²) in [5, 5.41) is 21.7. The molecule has 1 aromatic carbocycles. The van der Waals surface area contributed by atoms with Gasteiger partial charge in [0, 0.05) is 11.6 Å². The lowest BCUT2D eigenvalue weighted by molar-refractivity contribution is -0.145. The minimum atomic E-state index is -0.879. The minimum Gasteiger partial charge on any atom is -0.481 e. The first-order valence-electron chi connectivity index (χ1n) is 9.72. The van der Waals surface area contributed by atoms with Gasteiger partial charge in [0.05, 0.1) is 28.4 Å². The smallest absolute Gasteiger partial charge is 0.308 e. The number of carboxylic acids is 1. The number of nitrogens with one attached hydrogen (secondary N) is 1. The number of carboxylic acid groups (broad SMARTS) is 1. The Morgan fingerprint density at radius 2 is 2.07 bits per heavy atom. The van der Waals surface area contributed by atoms with E-state index in [0.29, 0.717) is 18.5 Å². The Labute approximate surface area is 167 Å². The number of pyridine rings is 1. The Morgan fingerprint density at radius 3 is 2.86 bits per heavy atom. The molecular formula is C21H23N5O3. The fourth-order valence-corrected chi connectivity index (χ4v) is 4.24. The van der Waals surface area contributed by atoms with E-state index in [1.165, 1.54) is 0 Å². The third kappa shape index (κ3) is 3.35. The zero-order valence-electron chi connectivity index (χ0n) is 16.4. The molecule has 0 aliphatic heterocycles. The SMILES string of the molecule is Cc1c(C(=O)NC2(C)CCCCC2C(=O)O)nnn1-c1cccc2ncccc12. The highest BCUT2D eigenvalue weighted by atomic mass is 16.4. The molecule has 0 bridgehead atoms. The first kappa shape index (κ1) is 19.0. The number of carbonyl (C=O) groups excluding carboxylic acids is 1. The van der Waals surface area contributed by atoms with E-state index in [1.54, 1.807) is 24.7 Å². The molecule has 0 saturated heterocycles. The van der Waals surface area contributed by atoms with Gasteiger partial charge in [-0.05, 0) is 51.0 Å². The minimum absolute atomic E-state index is 0.196. The molecule has 3 aromatic rings. The number of fused-ring (bicyclic) bond motifs is 1. The number of hydrogen-bond donors (Lipinski definition) is 2. The van der Waals surface area contributed by atoms with Gasteiger partial charge in [-0.3, -0.25) is 14.6 Å². The molecule has 0 spiro atoms. The summed E-state index contributed by atoms with van der Waals surface area (Å²) in [7, 11) is 0. The average Bonchev–Trinajstić information content (AvgIpc) is 3.08. The van der Waals surface area contributed by atoms with Crippen molar-refractivity contribution in [2.45, 2.75) is 45.1 Å². The Hall–Kier alpha value is -3.29. The molecule has 2 aromatic heterocycles. The van der Waals surface area contributed by atoms with Crippen LogP contribution in [0.25, 0.3) is 16.6 Å². The predicted molar refractivity (Wildman–Crippen MR) is 107 cm³/mol. The van der Waals surface area contributed by atoms with Crippen molar-refractivity contribution < 1.29 is 14.7 Å². The van der Waals surface area contributed by atoms with Gasteiger partial charge in [-0.2, -0.15) is 0 Å². The van der Waals surface area contributed by atoms with Crippen molar-refractivity contribution in [3.8, 4) is 5.69 Å². The highest BCUT2D eigenvalue weighted by Gasteiger charge is 2.42. The van der Waals surface area contributed by atoms with Gasteiger partial charge in [-0.1, -0.05) is 24.1 Å². The lowest BCUT2D eigenvalue weighted by Gasteiger charge is -2.39. The summed E-state index contributed by atoms with van der Waals surface area (Å²) in [6.45, 7) is 3.58. The molecule has 2 unspecified atom stereocenters. The monoisotopic (exact) mass is 393 g/mol. The van der Waals surface area contributed by atoms with Crippen LogP contribution in [0.15, 0.2) is 36.5 Å². The fraction of sp³-hybridized carbons (Fsp3) is 0.381. The second kappa shape index (κ2) is 7.27. The van der Waals surface area contributed by atoms with Gasteiger partial charge in [0.2, 0.25) is 0 Å². The molecule has 1 aliphatic rings. The second-order valence-corrected chi connectivity index (χ2v) is 7.79. The van der Waals surface area contributed by atoms with E-state index in [0.717, 1.165) is 29.4 Å². The van der Waals surface area contributed by atoms with Gasteiger partial charge < -0.3 is 10.4 Å². The van der Waals surface area contributed by atoms with Crippen molar-refractivity contribution in [3.05, 3.63) is 47.9 Å². The van der Waals surface area contributed by atoms with Gasteiger partial charge in [-0.25, -0.2) is 4.68 Å². The molecule has 4 rings (SSSR count). The molecule has 150 valence electrons. The highest BCUT2D eigenvalue weighted by Crippen LogP contribution is 2.34. The molecule has 2 heterocycles. The molecule has 2 atom stereocenters. The normalized spacial score (nSPS) is 21.8. The van der Waals surface area contributed by atoms with Gasteiger partial charge in [-0.15, -0.1) is 5.10 Å². The van der Waals surface area contributed by atoms with E-state index in [1.807, 2.05) is 30.3 Å². The van der Waals surface area contributed by atoms with Crippen molar-refractivity contribution in [1.82, 2.24) is 25.3 Å². The van der Waals surface area contributed by atoms with Gasteiger partial charge in [0.15, 0.2) is 5.69 Å². The van der Waals surface area contributed by atoms with E-state index >= 15 is 0 Å². The van der Waals surface area contributed by atoms with Gasteiger partial charge >= 0.3 is 5.97 Å². The Morgan fingerprint density at radius 1 is 1.24 bits per heavy atom. The maximum Gasteiger partial charge on any atom is 0.308 e. The zero-order valence-corrected chi connectivity index (χ0v) is 16.4. The van der Waals surface area contributed by atoms with E-state index in [9.17, 15) is 14.7 Å². The standard InChI is InChI=1S/C21H23N5O3/c1-13-18(19(27)23-21(2)11-4-3-8-15(21)20(28)29)24-25-26(13)17-10-5-9-16-14(17)7-6-12-22-16/h5-7,9-10,12,15H,3-4,8,11H2,1-2H3,(H,23,27)(H,28,29). The van der Waals surface area contributed by atoms with Crippen LogP contribution >= 0.6 is 0 Å². The number of nitrogens with zero attached hydrogens (tertiary/aromatic N) is 4.